The Bertz CT molecular complexity index is 539. The monoisotopic (exact) mass is 279 g/mol. The molecular formula is C13H15BFNO4. The highest BCUT2D eigenvalue weighted by molar-refractivity contribution is 6.43. The number of hydrogen-bond donors (Lipinski definition) is 2. The molecule has 2 unspecified atom stereocenters. The highest BCUT2D eigenvalue weighted by Crippen LogP contribution is 2.33. The molecule has 1 aromatic carbocycles. The van der Waals surface area contributed by atoms with Gasteiger partial charge in [0.1, 0.15) is 0 Å². The summed E-state index contributed by atoms with van der Waals surface area (Å²) >= 11 is 0. The molecule has 20 heavy (non-hydrogen) atoms. The molecule has 1 amide bonds. The molecule has 0 spiro atoms. The molecule has 2 aliphatic rings. The Morgan fingerprint density at radius 3 is 2.90 bits per heavy atom. The summed E-state index contributed by atoms with van der Waals surface area (Å²) in [7, 11) is -1.41. The number of rotatable bonds is 2. The predicted molar refractivity (Wildman–Crippen MR) is 69.7 cm³/mol. The van der Waals surface area contributed by atoms with Crippen molar-refractivity contribution in [3.63, 3.8) is 0 Å². The van der Waals surface area contributed by atoms with Crippen LogP contribution in [0.15, 0.2) is 18.2 Å². The van der Waals surface area contributed by atoms with E-state index in [0.29, 0.717) is 31.5 Å². The summed E-state index contributed by atoms with van der Waals surface area (Å²) in [5, 5.41) is 18.3. The van der Waals surface area contributed by atoms with Crippen molar-refractivity contribution < 1.29 is 24.0 Å². The quantitative estimate of drug-likeness (QED) is 0.759. The summed E-state index contributed by atoms with van der Waals surface area (Å²) in [6.07, 6.45) is 0.197. The number of carbonyl (C=O) groups is 1. The molecule has 0 aromatic heterocycles. The number of likely N-dealkylation sites (tertiary alicyclic amines) is 1. The average Bonchev–Trinajstić information content (AvgIpc) is 3.05. The Kier molecular flexibility index (Phi) is 3.39. The van der Waals surface area contributed by atoms with E-state index in [9.17, 15) is 9.18 Å². The van der Waals surface area contributed by atoms with Gasteiger partial charge in [-0.1, -0.05) is 12.1 Å². The number of para-hydroxylation sites is 1. The lowest BCUT2D eigenvalue weighted by Crippen LogP contribution is -2.40. The fourth-order valence-electron chi connectivity index (χ4n) is 2.80. The Balaban J connectivity index is 1.68. The van der Waals surface area contributed by atoms with Crippen LogP contribution in [0, 0.1) is 5.82 Å². The minimum atomic E-state index is -1.41. The topological polar surface area (TPSA) is 70.0 Å². The van der Waals surface area contributed by atoms with Crippen LogP contribution in [0.3, 0.4) is 0 Å². The van der Waals surface area contributed by atoms with Crippen molar-refractivity contribution in [2.45, 2.75) is 24.8 Å². The van der Waals surface area contributed by atoms with E-state index in [2.05, 4.69) is 0 Å². The van der Waals surface area contributed by atoms with E-state index < -0.39 is 19.0 Å². The van der Waals surface area contributed by atoms with Gasteiger partial charge in [0, 0.05) is 30.9 Å². The molecule has 2 heterocycles. The lowest BCUT2D eigenvalue weighted by atomic mass is 9.72. The first-order chi connectivity index (χ1) is 9.56. The van der Waals surface area contributed by atoms with E-state index in [-0.39, 0.29) is 17.5 Å². The second-order valence-corrected chi connectivity index (χ2v) is 5.29. The average molecular weight is 279 g/mol. The van der Waals surface area contributed by atoms with Gasteiger partial charge in [-0.05, 0) is 12.5 Å². The molecule has 0 saturated carbocycles. The van der Waals surface area contributed by atoms with Gasteiger partial charge in [0.25, 0.3) is 5.91 Å². The second kappa shape index (κ2) is 5.07. The van der Waals surface area contributed by atoms with Crippen LogP contribution in [0.2, 0.25) is 5.82 Å². The smallest absolute Gasteiger partial charge is 0.456 e. The molecule has 1 fully saturated rings. The maximum Gasteiger partial charge on any atom is 0.456 e. The van der Waals surface area contributed by atoms with Crippen molar-refractivity contribution in [2.75, 3.05) is 13.1 Å². The Labute approximate surface area is 116 Å². The first kappa shape index (κ1) is 13.4. The van der Waals surface area contributed by atoms with Crippen LogP contribution in [0.25, 0.3) is 0 Å². The van der Waals surface area contributed by atoms with Crippen molar-refractivity contribution in [1.29, 1.82) is 0 Å². The Morgan fingerprint density at radius 1 is 1.45 bits per heavy atom. The van der Waals surface area contributed by atoms with Crippen molar-refractivity contribution in [3.8, 4) is 5.75 Å². The molecule has 0 aliphatic carbocycles. The molecule has 1 aromatic rings. The van der Waals surface area contributed by atoms with Crippen LogP contribution >= 0.6 is 0 Å². The van der Waals surface area contributed by atoms with Gasteiger partial charge < -0.3 is 19.7 Å². The number of benzene rings is 1. The van der Waals surface area contributed by atoms with E-state index >= 15 is 0 Å². The van der Waals surface area contributed by atoms with Crippen LogP contribution in [-0.4, -0.2) is 47.2 Å². The van der Waals surface area contributed by atoms with Crippen LogP contribution < -0.4 is 4.74 Å². The summed E-state index contributed by atoms with van der Waals surface area (Å²) in [4.78, 5) is 13.9. The normalized spacial score (nSPS) is 24.4. The third-order valence-electron chi connectivity index (χ3n) is 3.95. The predicted octanol–water partition coefficient (Wildman–Crippen LogP) is 0.205. The van der Waals surface area contributed by atoms with Crippen molar-refractivity contribution in [1.82, 2.24) is 4.90 Å². The minimum Gasteiger partial charge on any atom is -0.477 e. The van der Waals surface area contributed by atoms with Crippen LogP contribution in [0.4, 0.5) is 4.39 Å². The lowest BCUT2D eigenvalue weighted by molar-refractivity contribution is -0.136. The van der Waals surface area contributed by atoms with Gasteiger partial charge in [-0.3, -0.25) is 4.79 Å². The molecule has 1 saturated heterocycles. The third kappa shape index (κ3) is 2.27. The number of halogens is 1. The van der Waals surface area contributed by atoms with Crippen LogP contribution in [-0.2, 0) is 11.2 Å². The third-order valence-corrected chi connectivity index (χ3v) is 3.95. The fourth-order valence-corrected chi connectivity index (χ4v) is 2.80. The molecule has 3 rings (SSSR count). The minimum absolute atomic E-state index is 0.156. The molecule has 0 radical (unpaired) electrons. The zero-order chi connectivity index (χ0) is 14.3. The lowest BCUT2D eigenvalue weighted by Gasteiger charge is -2.20. The van der Waals surface area contributed by atoms with E-state index in [1.807, 2.05) is 0 Å². The first-order valence-corrected chi connectivity index (χ1v) is 6.65. The van der Waals surface area contributed by atoms with Crippen LogP contribution in [0.1, 0.15) is 12.0 Å². The zero-order valence-electron chi connectivity index (χ0n) is 10.8. The standard InChI is InChI=1S/C13H15BFNO4/c15-10-3-1-2-8-6-11(20-12(8)10)13(17)16-5-4-9(7-16)14(18)19/h1-3,9,11,18-19H,4-7H2. The largest absolute Gasteiger partial charge is 0.477 e. The fraction of sp³-hybridized carbons (Fsp3) is 0.462. The van der Waals surface area contributed by atoms with Crippen molar-refractivity contribution in [2.24, 2.45) is 0 Å². The summed E-state index contributed by atoms with van der Waals surface area (Å²) in [6.45, 7) is 0.773. The molecule has 7 heteroatoms. The van der Waals surface area contributed by atoms with Gasteiger partial charge >= 0.3 is 7.12 Å². The first-order valence-electron chi connectivity index (χ1n) is 6.65. The summed E-state index contributed by atoms with van der Waals surface area (Å²) in [5.41, 5.74) is 0.696. The second-order valence-electron chi connectivity index (χ2n) is 5.29. The van der Waals surface area contributed by atoms with E-state index in [4.69, 9.17) is 14.8 Å². The Morgan fingerprint density at radius 2 is 2.25 bits per heavy atom. The van der Waals surface area contributed by atoms with E-state index in [0.717, 1.165) is 0 Å². The Hall–Kier alpha value is -1.60. The number of ether oxygens (including phenoxy) is 1. The summed E-state index contributed by atoms with van der Waals surface area (Å²) in [6, 6.07) is 4.65. The number of carbonyl (C=O) groups excluding carboxylic acids is 1. The highest BCUT2D eigenvalue weighted by atomic mass is 19.1. The molecule has 2 atom stereocenters. The van der Waals surface area contributed by atoms with E-state index in [1.54, 1.807) is 17.0 Å². The number of nitrogens with zero attached hydrogens (tertiary/aromatic N) is 1. The summed E-state index contributed by atoms with van der Waals surface area (Å²) < 4.78 is 19.0. The number of hydrogen-bond acceptors (Lipinski definition) is 4. The molecule has 2 N–H and O–H groups in total. The van der Waals surface area contributed by atoms with E-state index in [1.165, 1.54) is 6.07 Å². The molecule has 5 nitrogen and oxygen atoms in total. The molecular weight excluding hydrogens is 264 g/mol. The van der Waals surface area contributed by atoms with Crippen molar-refractivity contribution in [3.05, 3.63) is 29.6 Å². The summed E-state index contributed by atoms with van der Waals surface area (Å²) in [5.74, 6) is -0.838. The maximum atomic E-state index is 13.6. The van der Waals surface area contributed by atoms with Crippen molar-refractivity contribution >= 4 is 13.0 Å². The van der Waals surface area contributed by atoms with Crippen LogP contribution in [0.5, 0.6) is 5.75 Å². The van der Waals surface area contributed by atoms with Gasteiger partial charge in [0.05, 0.1) is 0 Å². The maximum absolute atomic E-state index is 13.6. The molecule has 0 bridgehead atoms. The number of fused-ring (bicyclic) bond motifs is 1. The van der Waals surface area contributed by atoms with Gasteiger partial charge in [-0.25, -0.2) is 4.39 Å². The highest BCUT2D eigenvalue weighted by Gasteiger charge is 2.39. The van der Waals surface area contributed by atoms with Gasteiger partial charge in [0.2, 0.25) is 0 Å². The SMILES string of the molecule is O=C(C1Cc2cccc(F)c2O1)N1CCC(B(O)O)C1. The van der Waals surface area contributed by atoms with Gasteiger partial charge in [-0.2, -0.15) is 0 Å². The van der Waals surface area contributed by atoms with Gasteiger partial charge in [-0.15, -0.1) is 0 Å². The molecule has 106 valence electrons. The zero-order valence-corrected chi connectivity index (χ0v) is 10.8. The van der Waals surface area contributed by atoms with Gasteiger partial charge in [0.15, 0.2) is 17.7 Å². The molecule has 2 aliphatic heterocycles. The number of amides is 1.